The zero-order valence-electron chi connectivity index (χ0n) is 21.2. The number of aromatic nitrogens is 2. The fourth-order valence-electron chi connectivity index (χ4n) is 4.78. The zero-order chi connectivity index (χ0) is 25.4. The van der Waals surface area contributed by atoms with Gasteiger partial charge >= 0.3 is 0 Å². The first-order valence-corrected chi connectivity index (χ1v) is 14.6. The van der Waals surface area contributed by atoms with Gasteiger partial charge in [-0.2, -0.15) is 0 Å². The summed E-state index contributed by atoms with van der Waals surface area (Å²) in [5, 5.41) is 0.848. The van der Waals surface area contributed by atoms with Gasteiger partial charge in [-0.3, -0.25) is 4.90 Å². The number of likely N-dealkylation sites (N-methyl/N-ethyl adjacent to an activating group) is 1. The molecule has 0 N–H and O–H groups in total. The number of hydrogen-bond donors (Lipinski definition) is 0. The first kappa shape index (κ1) is 25.6. The summed E-state index contributed by atoms with van der Waals surface area (Å²) in [5.41, 5.74) is 2.61. The van der Waals surface area contributed by atoms with Crippen molar-refractivity contribution in [3.8, 4) is 11.5 Å². The fraction of sp³-hybridized carbons (Fsp3) is 0.462. The van der Waals surface area contributed by atoms with E-state index >= 15 is 4.39 Å². The van der Waals surface area contributed by atoms with Crippen LogP contribution in [0.4, 0.5) is 10.3 Å². The van der Waals surface area contributed by atoms with Crippen LogP contribution in [0, 0.1) is 5.82 Å². The maximum Gasteiger partial charge on any atom is 0.226 e. The van der Waals surface area contributed by atoms with Crippen molar-refractivity contribution in [1.82, 2.24) is 19.8 Å². The lowest BCUT2D eigenvalue weighted by Gasteiger charge is -2.43. The molecule has 7 nitrogen and oxygen atoms in total. The van der Waals surface area contributed by atoms with Crippen molar-refractivity contribution in [3.63, 3.8) is 0 Å². The molecule has 0 aliphatic carbocycles. The number of anilines is 1. The third kappa shape index (κ3) is 5.03. The molecule has 2 aliphatic rings. The summed E-state index contributed by atoms with van der Waals surface area (Å²) < 4.78 is 26.5. The monoisotopic (exact) mass is 575 g/mol. The van der Waals surface area contributed by atoms with Crippen LogP contribution in [0.15, 0.2) is 34.8 Å². The highest BCUT2D eigenvalue weighted by Crippen LogP contribution is 2.40. The van der Waals surface area contributed by atoms with Gasteiger partial charge < -0.3 is 19.3 Å². The lowest BCUT2D eigenvalue weighted by molar-refractivity contribution is 0.245. The van der Waals surface area contributed by atoms with Crippen LogP contribution in [0.25, 0.3) is 10.9 Å². The van der Waals surface area contributed by atoms with Gasteiger partial charge in [0.05, 0.1) is 24.1 Å². The molecule has 10 heteroatoms. The van der Waals surface area contributed by atoms with Gasteiger partial charge in [0.2, 0.25) is 5.95 Å². The van der Waals surface area contributed by atoms with E-state index in [0.29, 0.717) is 22.0 Å². The van der Waals surface area contributed by atoms with Crippen LogP contribution in [0.1, 0.15) is 5.56 Å². The van der Waals surface area contributed by atoms with Crippen LogP contribution < -0.4 is 19.8 Å². The number of halogens is 2. The number of ether oxygens (including phenoxy) is 2. The minimum atomic E-state index is -0.517. The van der Waals surface area contributed by atoms with Crippen molar-refractivity contribution >= 4 is 46.1 Å². The van der Waals surface area contributed by atoms with Crippen molar-refractivity contribution in [2.75, 3.05) is 71.7 Å². The van der Waals surface area contributed by atoms with E-state index in [1.165, 1.54) is 0 Å². The average molecular weight is 576 g/mol. The molecule has 1 aromatic heterocycles. The number of methoxy groups -OCH3 is 2. The van der Waals surface area contributed by atoms with E-state index in [9.17, 15) is 0 Å². The van der Waals surface area contributed by atoms with E-state index in [-0.39, 0.29) is 5.82 Å². The molecule has 192 valence electrons. The molecule has 0 atom stereocenters. The lowest BCUT2D eigenvalue weighted by atomic mass is 10.1. The quantitative estimate of drug-likeness (QED) is 0.396. The molecule has 2 aromatic carbocycles. The maximum absolute atomic E-state index is 15.2. The van der Waals surface area contributed by atoms with Gasteiger partial charge in [-0.25, -0.2) is 14.4 Å². The molecule has 0 radical (unpaired) electrons. The summed E-state index contributed by atoms with van der Waals surface area (Å²) >= 11 is 3.34. The van der Waals surface area contributed by atoms with Crippen molar-refractivity contribution in [2.24, 2.45) is 0 Å². The lowest BCUT2D eigenvalue weighted by Crippen LogP contribution is -2.58. The van der Waals surface area contributed by atoms with Crippen LogP contribution in [0.5, 0.6) is 11.5 Å². The van der Waals surface area contributed by atoms with Crippen LogP contribution in [0.3, 0.4) is 0 Å². The third-order valence-electron chi connectivity index (χ3n) is 7.16. The van der Waals surface area contributed by atoms with Gasteiger partial charge in [-0.1, -0.05) is 14.0 Å². The van der Waals surface area contributed by atoms with Gasteiger partial charge in [0.25, 0.3) is 0 Å². The Morgan fingerprint density at radius 1 is 1.08 bits per heavy atom. The first-order chi connectivity index (χ1) is 17.4. The number of nitrogens with zero attached hydrogens (tertiary/aromatic N) is 5. The van der Waals surface area contributed by atoms with Crippen LogP contribution in [-0.4, -0.2) is 92.6 Å². The SMILES string of the molecule is COc1ccc(CN2CCP(c3nc(N4CC(N(C)C)C4)nc4c(F)c(Br)ccc34)CC2)c(OC)c1. The summed E-state index contributed by atoms with van der Waals surface area (Å²) in [6.07, 6.45) is 2.05. The number of benzene rings is 2. The zero-order valence-corrected chi connectivity index (χ0v) is 23.6. The molecule has 0 spiro atoms. The molecule has 0 saturated carbocycles. The molecule has 2 fully saturated rings. The Morgan fingerprint density at radius 2 is 1.83 bits per heavy atom. The predicted octanol–water partition coefficient (Wildman–Crippen LogP) is 3.92. The average Bonchev–Trinajstić information content (AvgIpc) is 2.85. The molecular weight excluding hydrogens is 544 g/mol. The molecule has 0 bridgehead atoms. The van der Waals surface area contributed by atoms with Gasteiger partial charge in [-0.05, 0) is 60.5 Å². The summed E-state index contributed by atoms with van der Waals surface area (Å²) in [6.45, 7) is 4.49. The predicted molar refractivity (Wildman–Crippen MR) is 148 cm³/mol. The van der Waals surface area contributed by atoms with Crippen LogP contribution in [-0.2, 0) is 6.54 Å². The third-order valence-corrected chi connectivity index (χ3v) is 10.2. The Labute approximate surface area is 221 Å². The Balaban J connectivity index is 1.36. The van der Waals surface area contributed by atoms with E-state index in [1.807, 2.05) is 18.2 Å². The normalized spacial score (nSPS) is 17.6. The summed E-state index contributed by atoms with van der Waals surface area (Å²) in [7, 11) is 7.02. The second kappa shape index (κ2) is 10.7. The molecule has 2 saturated heterocycles. The Kier molecular flexibility index (Phi) is 7.63. The standard InChI is InChI=1S/C26H32BrFN5O2P/c1-31(2)18-15-33(16-18)26-29-24-20(7-8-21(27)23(24)28)25(30-26)36-11-9-32(10-12-36)14-17-5-6-19(34-3)13-22(17)35-4/h5-8,13,18H,9-12,14-16H2,1-4H3. The summed E-state index contributed by atoms with van der Waals surface area (Å²) in [6, 6.07) is 10.2. The highest BCUT2D eigenvalue weighted by atomic mass is 79.9. The van der Waals surface area contributed by atoms with Crippen molar-refractivity contribution < 1.29 is 13.9 Å². The smallest absolute Gasteiger partial charge is 0.226 e. The minimum absolute atomic E-state index is 0.303. The van der Waals surface area contributed by atoms with E-state index in [0.717, 1.165) is 72.9 Å². The largest absolute Gasteiger partial charge is 0.497 e. The Morgan fingerprint density at radius 3 is 2.50 bits per heavy atom. The summed E-state index contributed by atoms with van der Waals surface area (Å²) in [4.78, 5) is 16.6. The van der Waals surface area contributed by atoms with Crippen molar-refractivity contribution in [1.29, 1.82) is 0 Å². The molecule has 0 amide bonds. The van der Waals surface area contributed by atoms with Crippen LogP contribution >= 0.6 is 23.9 Å². The molecule has 0 unspecified atom stereocenters. The van der Waals surface area contributed by atoms with E-state index in [2.05, 4.69) is 55.8 Å². The van der Waals surface area contributed by atoms with E-state index in [4.69, 9.17) is 14.5 Å². The van der Waals surface area contributed by atoms with E-state index < -0.39 is 7.92 Å². The molecule has 2 aliphatic heterocycles. The number of fused-ring (bicyclic) bond motifs is 1. The maximum atomic E-state index is 15.2. The molecule has 3 heterocycles. The minimum Gasteiger partial charge on any atom is -0.497 e. The fourth-order valence-corrected chi connectivity index (χ4v) is 7.55. The molecule has 36 heavy (non-hydrogen) atoms. The van der Waals surface area contributed by atoms with Crippen molar-refractivity contribution in [3.05, 3.63) is 46.2 Å². The highest BCUT2D eigenvalue weighted by Gasteiger charge is 2.32. The van der Waals surface area contributed by atoms with E-state index in [1.54, 1.807) is 20.3 Å². The van der Waals surface area contributed by atoms with Crippen molar-refractivity contribution in [2.45, 2.75) is 12.6 Å². The second-order valence-corrected chi connectivity index (χ2v) is 12.8. The Hall–Kier alpha value is -2.06. The van der Waals surface area contributed by atoms with Crippen LogP contribution in [0.2, 0.25) is 0 Å². The molecule has 5 rings (SSSR count). The second-order valence-electron chi connectivity index (χ2n) is 9.57. The number of hydrogen-bond acceptors (Lipinski definition) is 7. The Bertz CT molecular complexity index is 1250. The topological polar surface area (TPSA) is 54.0 Å². The van der Waals surface area contributed by atoms with Gasteiger partial charge in [0.15, 0.2) is 5.82 Å². The van der Waals surface area contributed by atoms with Gasteiger partial charge in [0, 0.05) is 55.8 Å². The molecular formula is C26H32BrFN5O2P. The first-order valence-electron chi connectivity index (χ1n) is 12.1. The summed E-state index contributed by atoms with van der Waals surface area (Å²) in [5.74, 6) is 1.99. The van der Waals surface area contributed by atoms with Gasteiger partial charge in [-0.15, -0.1) is 0 Å². The molecule has 3 aromatic rings. The van der Waals surface area contributed by atoms with Gasteiger partial charge in [0.1, 0.15) is 17.0 Å². The number of rotatable bonds is 7. The highest BCUT2D eigenvalue weighted by molar-refractivity contribution is 9.10.